The normalized spacial score (nSPS) is 28.3. The predicted octanol–water partition coefficient (Wildman–Crippen LogP) is 1.67. The van der Waals surface area contributed by atoms with Crippen molar-refractivity contribution in [3.8, 4) is 0 Å². The summed E-state index contributed by atoms with van der Waals surface area (Å²) in [5, 5.41) is 6.38. The lowest BCUT2D eigenvalue weighted by Gasteiger charge is -2.28. The molecule has 3 heterocycles. The van der Waals surface area contributed by atoms with Gasteiger partial charge in [-0.05, 0) is 6.92 Å². The van der Waals surface area contributed by atoms with Crippen molar-refractivity contribution >= 4 is 17.2 Å². The molecule has 1 amide bonds. The van der Waals surface area contributed by atoms with Crippen LogP contribution in [0.3, 0.4) is 0 Å². The minimum atomic E-state index is 0.0349. The summed E-state index contributed by atoms with van der Waals surface area (Å²) in [6.07, 6.45) is 0. The van der Waals surface area contributed by atoms with E-state index in [1.807, 2.05) is 20.8 Å². The van der Waals surface area contributed by atoms with E-state index < -0.39 is 0 Å². The highest BCUT2D eigenvalue weighted by Crippen LogP contribution is 2.41. The van der Waals surface area contributed by atoms with Gasteiger partial charge >= 0.3 is 0 Å². The minimum Gasteiger partial charge on any atom is -0.380 e. The maximum atomic E-state index is 11.9. The fraction of sp³-hybridized carbons (Fsp3) is 0.750. The average molecular weight is 323 g/mol. The molecular formula is C16H25N3O2S. The first-order valence-corrected chi connectivity index (χ1v) is 8.85. The first-order chi connectivity index (χ1) is 10.5. The summed E-state index contributed by atoms with van der Waals surface area (Å²) in [5.41, 5.74) is 1.24. The molecule has 122 valence electrons. The van der Waals surface area contributed by atoms with Crippen molar-refractivity contribution in [2.45, 2.75) is 27.3 Å². The molecule has 5 nitrogen and oxygen atoms in total. The lowest BCUT2D eigenvalue weighted by molar-refractivity contribution is -0.124. The van der Waals surface area contributed by atoms with Crippen LogP contribution in [0.4, 0.5) is 0 Å². The van der Waals surface area contributed by atoms with Crippen LogP contribution in [0.25, 0.3) is 0 Å². The molecule has 2 atom stereocenters. The third-order valence-electron chi connectivity index (χ3n) is 4.78. The Labute approximate surface area is 136 Å². The zero-order valence-corrected chi connectivity index (χ0v) is 14.4. The number of nitrogens with one attached hydrogen (secondary N) is 1. The van der Waals surface area contributed by atoms with Crippen LogP contribution < -0.4 is 5.32 Å². The standard InChI is InChI=1S/C16H25N3O2S/c1-11(2)15(20)17-8-16-9-19(4-13(16)6-21-10-16)5-14-7-22-12(3)18-14/h7,11,13H,4-6,8-10H2,1-3H3,(H,17,20)/t13-,16+/m1/s1. The summed E-state index contributed by atoms with van der Waals surface area (Å²) >= 11 is 1.71. The van der Waals surface area contributed by atoms with E-state index >= 15 is 0 Å². The van der Waals surface area contributed by atoms with Crippen molar-refractivity contribution in [1.29, 1.82) is 0 Å². The number of likely N-dealkylation sites (tertiary alicyclic amines) is 1. The first-order valence-electron chi connectivity index (χ1n) is 7.97. The molecule has 3 rings (SSSR count). The summed E-state index contributed by atoms with van der Waals surface area (Å²) in [4.78, 5) is 18.9. The van der Waals surface area contributed by atoms with E-state index in [0.29, 0.717) is 5.92 Å². The number of hydrogen-bond donors (Lipinski definition) is 1. The number of carbonyl (C=O) groups is 1. The quantitative estimate of drug-likeness (QED) is 0.896. The molecule has 22 heavy (non-hydrogen) atoms. The summed E-state index contributed by atoms with van der Waals surface area (Å²) in [7, 11) is 0. The van der Waals surface area contributed by atoms with Crippen LogP contribution in [-0.2, 0) is 16.1 Å². The van der Waals surface area contributed by atoms with Gasteiger partial charge in [0.15, 0.2) is 0 Å². The number of nitrogens with zero attached hydrogens (tertiary/aromatic N) is 2. The number of hydrogen-bond acceptors (Lipinski definition) is 5. The summed E-state index contributed by atoms with van der Waals surface area (Å²) in [6, 6.07) is 0. The van der Waals surface area contributed by atoms with Crippen LogP contribution >= 0.6 is 11.3 Å². The zero-order chi connectivity index (χ0) is 15.7. The maximum Gasteiger partial charge on any atom is 0.222 e. The highest BCUT2D eigenvalue weighted by Gasteiger charge is 2.50. The van der Waals surface area contributed by atoms with Crippen molar-refractivity contribution in [3.05, 3.63) is 16.1 Å². The molecule has 1 aromatic rings. The summed E-state index contributed by atoms with van der Waals surface area (Å²) in [5.74, 6) is 0.681. The molecule has 2 fully saturated rings. The number of fused-ring (bicyclic) bond motifs is 1. The van der Waals surface area contributed by atoms with Gasteiger partial charge in [-0.1, -0.05) is 13.8 Å². The SMILES string of the molecule is Cc1nc(CN2C[C@@H]3COC[C@]3(CNC(=O)C(C)C)C2)cs1. The Kier molecular flexibility index (Phi) is 4.52. The van der Waals surface area contributed by atoms with Gasteiger partial charge in [0.05, 0.1) is 23.9 Å². The second kappa shape index (κ2) is 6.26. The van der Waals surface area contributed by atoms with Crippen LogP contribution in [0.15, 0.2) is 5.38 Å². The van der Waals surface area contributed by atoms with Gasteiger partial charge in [0.25, 0.3) is 0 Å². The molecule has 1 aromatic heterocycles. The largest absolute Gasteiger partial charge is 0.380 e. The summed E-state index contributed by atoms with van der Waals surface area (Å²) < 4.78 is 5.72. The molecule has 0 aromatic carbocycles. The molecular weight excluding hydrogens is 298 g/mol. The van der Waals surface area contributed by atoms with Gasteiger partial charge in [0, 0.05) is 48.8 Å². The molecule has 0 unspecified atom stereocenters. The van der Waals surface area contributed by atoms with Crippen molar-refractivity contribution in [3.63, 3.8) is 0 Å². The van der Waals surface area contributed by atoms with Crippen molar-refractivity contribution in [2.24, 2.45) is 17.3 Å². The molecule has 0 radical (unpaired) electrons. The Bertz CT molecular complexity index is 545. The topological polar surface area (TPSA) is 54.5 Å². The number of thiazole rings is 1. The van der Waals surface area contributed by atoms with Gasteiger partial charge in [-0.3, -0.25) is 9.69 Å². The lowest BCUT2D eigenvalue weighted by Crippen LogP contribution is -2.44. The second-order valence-corrected chi connectivity index (χ2v) is 8.04. The van der Waals surface area contributed by atoms with Crippen LogP contribution in [0.1, 0.15) is 24.5 Å². The number of rotatable bonds is 5. The third kappa shape index (κ3) is 3.19. The fourth-order valence-electron chi connectivity index (χ4n) is 3.49. The van der Waals surface area contributed by atoms with Crippen molar-refractivity contribution < 1.29 is 9.53 Å². The molecule has 6 heteroatoms. The highest BCUT2D eigenvalue weighted by atomic mass is 32.1. The van der Waals surface area contributed by atoms with E-state index in [-0.39, 0.29) is 17.2 Å². The highest BCUT2D eigenvalue weighted by molar-refractivity contribution is 7.09. The van der Waals surface area contributed by atoms with Gasteiger partial charge < -0.3 is 10.1 Å². The minimum absolute atomic E-state index is 0.0349. The van der Waals surface area contributed by atoms with E-state index in [9.17, 15) is 4.79 Å². The second-order valence-electron chi connectivity index (χ2n) is 6.97. The Morgan fingerprint density at radius 3 is 3.14 bits per heavy atom. The number of aromatic nitrogens is 1. The fourth-order valence-corrected chi connectivity index (χ4v) is 4.09. The number of amides is 1. The Morgan fingerprint density at radius 1 is 1.64 bits per heavy atom. The molecule has 0 aliphatic carbocycles. The van der Waals surface area contributed by atoms with Crippen LogP contribution in [0, 0.1) is 24.2 Å². The van der Waals surface area contributed by atoms with Crippen molar-refractivity contribution in [1.82, 2.24) is 15.2 Å². The molecule has 2 saturated heterocycles. The Morgan fingerprint density at radius 2 is 2.45 bits per heavy atom. The smallest absolute Gasteiger partial charge is 0.222 e. The van der Waals surface area contributed by atoms with Gasteiger partial charge in [-0.15, -0.1) is 11.3 Å². The molecule has 0 bridgehead atoms. The number of aryl methyl sites for hydroxylation is 1. The monoisotopic (exact) mass is 323 g/mol. The third-order valence-corrected chi connectivity index (χ3v) is 5.61. The Hall–Kier alpha value is -0.980. The van der Waals surface area contributed by atoms with Gasteiger partial charge in [-0.25, -0.2) is 4.98 Å². The molecule has 2 aliphatic rings. The lowest BCUT2D eigenvalue weighted by atomic mass is 9.81. The van der Waals surface area contributed by atoms with Gasteiger partial charge in [0.1, 0.15) is 0 Å². The number of carbonyl (C=O) groups excluding carboxylic acids is 1. The van der Waals surface area contributed by atoms with E-state index in [1.165, 1.54) is 0 Å². The van der Waals surface area contributed by atoms with Gasteiger partial charge in [0.2, 0.25) is 5.91 Å². The van der Waals surface area contributed by atoms with Crippen molar-refractivity contribution in [2.75, 3.05) is 32.8 Å². The predicted molar refractivity (Wildman–Crippen MR) is 86.7 cm³/mol. The molecule has 0 spiro atoms. The maximum absolute atomic E-state index is 11.9. The van der Waals surface area contributed by atoms with Crippen LogP contribution in [-0.4, -0.2) is 48.6 Å². The van der Waals surface area contributed by atoms with Gasteiger partial charge in [-0.2, -0.15) is 0 Å². The van der Waals surface area contributed by atoms with E-state index in [2.05, 4.69) is 20.6 Å². The van der Waals surface area contributed by atoms with E-state index in [4.69, 9.17) is 4.74 Å². The first kappa shape index (κ1) is 15.9. The zero-order valence-electron chi connectivity index (χ0n) is 13.6. The Balaban J connectivity index is 1.62. The molecule has 2 aliphatic heterocycles. The average Bonchev–Trinajstić information content (AvgIpc) is 3.10. The number of ether oxygens (including phenoxy) is 1. The van der Waals surface area contributed by atoms with E-state index in [0.717, 1.165) is 50.1 Å². The molecule has 0 saturated carbocycles. The summed E-state index contributed by atoms with van der Waals surface area (Å²) in [6.45, 7) is 11.1. The van der Waals surface area contributed by atoms with Crippen LogP contribution in [0.5, 0.6) is 0 Å². The van der Waals surface area contributed by atoms with Crippen LogP contribution in [0.2, 0.25) is 0 Å². The van der Waals surface area contributed by atoms with E-state index in [1.54, 1.807) is 11.3 Å². The molecule has 1 N–H and O–H groups in total.